The number of methoxy groups -OCH3 is 1. The molecule has 0 aromatic heterocycles. The van der Waals surface area contributed by atoms with Gasteiger partial charge in [0.05, 0.1) is 23.4 Å². The highest BCUT2D eigenvalue weighted by atomic mass is 32.2. The number of rotatable bonds is 10. The predicted molar refractivity (Wildman–Crippen MR) is 149 cm³/mol. The Morgan fingerprint density at radius 2 is 1.56 bits per heavy atom. The van der Waals surface area contributed by atoms with Crippen molar-refractivity contribution in [3.8, 4) is 5.75 Å². The van der Waals surface area contributed by atoms with Crippen molar-refractivity contribution in [3.63, 3.8) is 0 Å². The Morgan fingerprint density at radius 3 is 2.18 bits per heavy atom. The van der Waals surface area contributed by atoms with Crippen LogP contribution in [0.15, 0.2) is 88.7 Å². The van der Waals surface area contributed by atoms with Gasteiger partial charge in [-0.1, -0.05) is 36.8 Å². The van der Waals surface area contributed by atoms with E-state index in [9.17, 15) is 21.6 Å². The summed E-state index contributed by atoms with van der Waals surface area (Å²) in [5, 5.41) is 2.72. The van der Waals surface area contributed by atoms with E-state index >= 15 is 0 Å². The van der Waals surface area contributed by atoms with Crippen LogP contribution in [-0.4, -0.2) is 57.6 Å². The number of ether oxygens (including phenoxy) is 1. The number of benzene rings is 3. The molecule has 11 heteroatoms. The molecule has 208 valence electrons. The van der Waals surface area contributed by atoms with E-state index in [1.807, 2.05) is 13.0 Å². The van der Waals surface area contributed by atoms with Gasteiger partial charge in [0.2, 0.25) is 26.0 Å². The second kappa shape index (κ2) is 12.3. The maximum absolute atomic E-state index is 13.7. The molecular weight excluding hydrogens is 538 g/mol. The lowest BCUT2D eigenvalue weighted by atomic mass is 10.1. The lowest BCUT2D eigenvalue weighted by Crippen LogP contribution is -2.41. The van der Waals surface area contributed by atoms with Crippen LogP contribution in [0.1, 0.15) is 31.7 Å². The number of piperidine rings is 1. The van der Waals surface area contributed by atoms with Gasteiger partial charge in [-0.15, -0.1) is 0 Å². The molecule has 1 saturated heterocycles. The first-order valence-electron chi connectivity index (χ1n) is 12.7. The molecule has 0 spiro atoms. The fourth-order valence-corrected chi connectivity index (χ4v) is 7.62. The highest BCUT2D eigenvalue weighted by Gasteiger charge is 2.32. The zero-order valence-corrected chi connectivity index (χ0v) is 23.6. The standard InChI is InChI=1S/C28H33N3O6S2/c1-22-8-6-7-19-31(22)39(35,36)27-17-15-26(16-18-27)38(33,34)30(20-23-11-13-25(37-2)14-12-23)21-28(32)29-24-9-4-3-5-10-24/h3-5,9-18,22H,6-8,19-21H2,1-2H3,(H,29,32). The number of anilines is 1. The number of carbonyl (C=O) groups excluding carboxylic acids is 1. The molecule has 1 N–H and O–H groups in total. The van der Waals surface area contributed by atoms with Crippen molar-refractivity contribution in [1.29, 1.82) is 0 Å². The van der Waals surface area contributed by atoms with Gasteiger partial charge in [0.15, 0.2) is 0 Å². The molecule has 1 aliphatic rings. The molecule has 1 fully saturated rings. The Labute approximate surface area is 230 Å². The van der Waals surface area contributed by atoms with E-state index in [-0.39, 0.29) is 22.4 Å². The third-order valence-electron chi connectivity index (χ3n) is 6.71. The molecular formula is C28H33N3O6S2. The molecule has 3 aromatic rings. The van der Waals surface area contributed by atoms with E-state index < -0.39 is 32.5 Å². The van der Waals surface area contributed by atoms with E-state index in [0.717, 1.165) is 23.6 Å². The monoisotopic (exact) mass is 571 g/mol. The molecule has 1 amide bonds. The summed E-state index contributed by atoms with van der Waals surface area (Å²) in [5.74, 6) is 0.117. The lowest BCUT2D eigenvalue weighted by molar-refractivity contribution is -0.116. The van der Waals surface area contributed by atoms with Crippen molar-refractivity contribution in [3.05, 3.63) is 84.4 Å². The van der Waals surface area contributed by atoms with Gasteiger partial charge in [0.25, 0.3) is 0 Å². The largest absolute Gasteiger partial charge is 0.497 e. The Hall–Kier alpha value is -3.25. The fourth-order valence-electron chi connectivity index (χ4n) is 4.54. The molecule has 0 bridgehead atoms. The van der Waals surface area contributed by atoms with Crippen LogP contribution in [0.5, 0.6) is 5.75 Å². The number of nitrogens with one attached hydrogen (secondary N) is 1. The van der Waals surface area contributed by atoms with Gasteiger partial charge in [0, 0.05) is 24.8 Å². The number of hydrogen-bond donors (Lipinski definition) is 1. The third kappa shape index (κ3) is 6.85. The zero-order valence-electron chi connectivity index (χ0n) is 22.0. The molecule has 0 saturated carbocycles. The zero-order chi connectivity index (χ0) is 28.0. The van der Waals surface area contributed by atoms with Gasteiger partial charge in [-0.25, -0.2) is 16.8 Å². The van der Waals surface area contributed by atoms with Gasteiger partial charge >= 0.3 is 0 Å². The third-order valence-corrected chi connectivity index (χ3v) is 10.5. The van der Waals surface area contributed by atoms with Gasteiger partial charge in [-0.2, -0.15) is 8.61 Å². The highest BCUT2D eigenvalue weighted by molar-refractivity contribution is 7.89. The number of hydrogen-bond acceptors (Lipinski definition) is 6. The van der Waals surface area contributed by atoms with E-state index in [2.05, 4.69) is 5.32 Å². The van der Waals surface area contributed by atoms with E-state index in [4.69, 9.17) is 4.74 Å². The number of nitrogens with zero attached hydrogens (tertiary/aromatic N) is 2. The summed E-state index contributed by atoms with van der Waals surface area (Å²) >= 11 is 0. The fraction of sp³-hybridized carbons (Fsp3) is 0.321. The Balaban J connectivity index is 1.60. The summed E-state index contributed by atoms with van der Waals surface area (Å²) in [6, 6.07) is 20.7. The highest BCUT2D eigenvalue weighted by Crippen LogP contribution is 2.27. The first-order chi connectivity index (χ1) is 18.6. The van der Waals surface area contributed by atoms with Crippen LogP contribution in [-0.2, 0) is 31.4 Å². The topological polar surface area (TPSA) is 113 Å². The second-order valence-electron chi connectivity index (χ2n) is 9.47. The van der Waals surface area contributed by atoms with Gasteiger partial charge in [-0.05, 0) is 73.9 Å². The number of carbonyl (C=O) groups is 1. The van der Waals surface area contributed by atoms with Crippen molar-refractivity contribution in [1.82, 2.24) is 8.61 Å². The van der Waals surface area contributed by atoms with Crippen LogP contribution in [0, 0.1) is 0 Å². The number of amides is 1. The molecule has 1 atom stereocenters. The normalized spacial score (nSPS) is 16.6. The van der Waals surface area contributed by atoms with E-state index in [1.54, 1.807) is 48.5 Å². The number of sulfonamides is 2. The first kappa shape index (κ1) is 28.8. The summed E-state index contributed by atoms with van der Waals surface area (Å²) in [4.78, 5) is 12.8. The smallest absolute Gasteiger partial charge is 0.243 e. The molecule has 4 rings (SSSR count). The van der Waals surface area contributed by atoms with E-state index in [0.29, 0.717) is 23.5 Å². The molecule has 9 nitrogen and oxygen atoms in total. The van der Waals surface area contributed by atoms with Crippen molar-refractivity contribution in [2.24, 2.45) is 0 Å². The van der Waals surface area contributed by atoms with Crippen LogP contribution >= 0.6 is 0 Å². The summed E-state index contributed by atoms with van der Waals surface area (Å²) in [6.07, 6.45) is 2.56. The molecule has 1 unspecified atom stereocenters. The van der Waals surface area contributed by atoms with Crippen molar-refractivity contribution in [2.45, 2.75) is 48.6 Å². The molecule has 1 heterocycles. The maximum Gasteiger partial charge on any atom is 0.243 e. The Kier molecular flexibility index (Phi) is 9.06. The lowest BCUT2D eigenvalue weighted by Gasteiger charge is -2.32. The Morgan fingerprint density at radius 1 is 0.923 bits per heavy atom. The van der Waals surface area contributed by atoms with Crippen molar-refractivity contribution >= 4 is 31.6 Å². The van der Waals surface area contributed by atoms with Gasteiger partial charge in [0.1, 0.15) is 5.75 Å². The minimum atomic E-state index is -4.17. The average Bonchev–Trinajstić information content (AvgIpc) is 2.94. The molecule has 0 radical (unpaired) electrons. The van der Waals surface area contributed by atoms with Crippen LogP contribution in [0.25, 0.3) is 0 Å². The summed E-state index contributed by atoms with van der Waals surface area (Å²) in [6.45, 7) is 1.82. The first-order valence-corrected chi connectivity index (χ1v) is 15.6. The van der Waals surface area contributed by atoms with Crippen LogP contribution in [0.2, 0.25) is 0 Å². The SMILES string of the molecule is COc1ccc(CN(CC(=O)Nc2ccccc2)S(=O)(=O)c2ccc(S(=O)(=O)N3CCCCC3C)cc2)cc1. The van der Waals surface area contributed by atoms with Crippen LogP contribution in [0.3, 0.4) is 0 Å². The average molecular weight is 572 g/mol. The van der Waals surface area contributed by atoms with Crippen molar-refractivity contribution < 1.29 is 26.4 Å². The van der Waals surface area contributed by atoms with E-state index in [1.165, 1.54) is 35.7 Å². The molecule has 0 aliphatic carbocycles. The molecule has 1 aliphatic heterocycles. The molecule has 3 aromatic carbocycles. The van der Waals surface area contributed by atoms with Crippen LogP contribution < -0.4 is 10.1 Å². The number of para-hydroxylation sites is 1. The second-order valence-corrected chi connectivity index (χ2v) is 13.3. The van der Waals surface area contributed by atoms with Gasteiger partial charge in [-0.3, -0.25) is 4.79 Å². The predicted octanol–water partition coefficient (Wildman–Crippen LogP) is 4.09. The molecule has 39 heavy (non-hydrogen) atoms. The van der Waals surface area contributed by atoms with Crippen LogP contribution in [0.4, 0.5) is 5.69 Å². The Bertz CT molecular complexity index is 1480. The van der Waals surface area contributed by atoms with Gasteiger partial charge < -0.3 is 10.1 Å². The summed E-state index contributed by atoms with van der Waals surface area (Å²) in [5.41, 5.74) is 1.20. The minimum Gasteiger partial charge on any atom is -0.497 e. The summed E-state index contributed by atoms with van der Waals surface area (Å²) < 4.78 is 61.6. The summed E-state index contributed by atoms with van der Waals surface area (Å²) in [7, 11) is -6.38. The minimum absolute atomic E-state index is 0.0405. The quantitative estimate of drug-likeness (QED) is 0.392. The van der Waals surface area contributed by atoms with Crippen molar-refractivity contribution in [2.75, 3.05) is 25.5 Å². The maximum atomic E-state index is 13.7.